The fourth-order valence-corrected chi connectivity index (χ4v) is 4.75. The van der Waals surface area contributed by atoms with E-state index in [1.807, 2.05) is 6.92 Å². The van der Waals surface area contributed by atoms with E-state index < -0.39 is 0 Å². The van der Waals surface area contributed by atoms with Crippen LogP contribution in [0.25, 0.3) is 0 Å². The van der Waals surface area contributed by atoms with Gasteiger partial charge in [-0.3, -0.25) is 4.98 Å². The fraction of sp³-hybridized carbons (Fsp3) is 0.688. The number of hydrogen-bond acceptors (Lipinski definition) is 1. The van der Waals surface area contributed by atoms with Gasteiger partial charge in [-0.25, -0.2) is 0 Å². The van der Waals surface area contributed by atoms with Gasteiger partial charge in [0.2, 0.25) is 0 Å². The van der Waals surface area contributed by atoms with E-state index in [0.29, 0.717) is 10.7 Å². The molecule has 0 saturated heterocycles. The van der Waals surface area contributed by atoms with Crippen LogP contribution < -0.4 is 0 Å². The van der Waals surface area contributed by atoms with Gasteiger partial charge in [0.15, 0.2) is 0 Å². The third-order valence-corrected chi connectivity index (χ3v) is 5.63. The molecule has 1 nitrogen and oxygen atoms in total. The molecular formula is C16H24BrN. The first-order chi connectivity index (χ1) is 8.41. The summed E-state index contributed by atoms with van der Waals surface area (Å²) in [6.07, 6.45) is 6.04. The summed E-state index contributed by atoms with van der Waals surface area (Å²) < 4.78 is 0. The highest BCUT2D eigenvalue weighted by atomic mass is 79.9. The molecule has 1 aliphatic carbocycles. The molecule has 0 spiro atoms. The zero-order chi connectivity index (χ0) is 13.3. The molecule has 0 aromatic carbocycles. The van der Waals surface area contributed by atoms with Crippen LogP contribution in [0.15, 0.2) is 18.3 Å². The predicted octanol–water partition coefficient (Wildman–Crippen LogP) is 4.87. The summed E-state index contributed by atoms with van der Waals surface area (Å²) in [5.74, 6) is 1.57. The van der Waals surface area contributed by atoms with Gasteiger partial charge in [0.25, 0.3) is 0 Å². The molecule has 1 aliphatic rings. The molecule has 1 fully saturated rings. The van der Waals surface area contributed by atoms with Gasteiger partial charge in [0.1, 0.15) is 0 Å². The predicted molar refractivity (Wildman–Crippen MR) is 81.2 cm³/mol. The van der Waals surface area contributed by atoms with E-state index in [1.165, 1.54) is 24.8 Å². The smallest absolute Gasteiger partial charge is 0.0372 e. The quantitative estimate of drug-likeness (QED) is 0.710. The maximum absolute atomic E-state index is 4.46. The van der Waals surface area contributed by atoms with E-state index in [-0.39, 0.29) is 5.41 Å². The molecule has 0 aliphatic heterocycles. The second kappa shape index (κ2) is 5.32. The average Bonchev–Trinajstić information content (AvgIpc) is 2.29. The summed E-state index contributed by atoms with van der Waals surface area (Å²) in [5.41, 5.74) is 2.67. The number of nitrogens with zero attached hydrogens (tertiary/aromatic N) is 1. The Morgan fingerprint density at radius 2 is 2.00 bits per heavy atom. The van der Waals surface area contributed by atoms with Gasteiger partial charge in [-0.05, 0) is 48.6 Å². The first kappa shape index (κ1) is 14.0. The van der Waals surface area contributed by atoms with Crippen molar-refractivity contribution in [3.63, 3.8) is 0 Å². The van der Waals surface area contributed by atoms with Gasteiger partial charge in [0, 0.05) is 16.7 Å². The van der Waals surface area contributed by atoms with Crippen molar-refractivity contribution < 1.29 is 0 Å². The first-order valence-corrected chi connectivity index (χ1v) is 7.90. The van der Waals surface area contributed by atoms with Crippen molar-refractivity contribution in [1.29, 1.82) is 0 Å². The molecule has 1 heterocycles. The number of aromatic nitrogens is 1. The van der Waals surface area contributed by atoms with E-state index in [0.717, 1.165) is 11.6 Å². The molecule has 3 unspecified atom stereocenters. The zero-order valence-corrected chi connectivity index (χ0v) is 13.5. The summed E-state index contributed by atoms with van der Waals surface area (Å²) in [7, 11) is 0. The van der Waals surface area contributed by atoms with Crippen molar-refractivity contribution in [2.24, 2.45) is 11.8 Å². The summed E-state index contributed by atoms with van der Waals surface area (Å²) in [5, 5.41) is 0. The molecule has 0 N–H and O–H groups in total. The number of rotatable bonds is 2. The van der Waals surface area contributed by atoms with E-state index in [2.05, 4.69) is 60.0 Å². The maximum Gasteiger partial charge on any atom is 0.0372 e. The number of aryl methyl sites for hydroxylation is 1. The SMILES string of the molecule is Cc1ccc(C(C)(C)C2CCC(C)CC2Br)cn1. The van der Waals surface area contributed by atoms with Crippen molar-refractivity contribution in [3.05, 3.63) is 29.6 Å². The van der Waals surface area contributed by atoms with Crippen LogP contribution in [-0.2, 0) is 5.41 Å². The minimum Gasteiger partial charge on any atom is -0.261 e. The highest BCUT2D eigenvalue weighted by molar-refractivity contribution is 9.09. The Bertz CT molecular complexity index is 396. The van der Waals surface area contributed by atoms with Gasteiger partial charge in [-0.1, -0.05) is 49.2 Å². The van der Waals surface area contributed by atoms with Gasteiger partial charge in [0.05, 0.1) is 0 Å². The van der Waals surface area contributed by atoms with Crippen LogP contribution in [0.4, 0.5) is 0 Å². The number of hydrogen-bond donors (Lipinski definition) is 0. The van der Waals surface area contributed by atoms with E-state index in [4.69, 9.17) is 0 Å². The highest BCUT2D eigenvalue weighted by Crippen LogP contribution is 2.44. The molecule has 2 rings (SSSR count). The average molecular weight is 310 g/mol. The monoisotopic (exact) mass is 309 g/mol. The Hall–Kier alpha value is -0.370. The minimum absolute atomic E-state index is 0.203. The Balaban J connectivity index is 2.22. The third-order valence-electron chi connectivity index (χ3n) is 4.62. The number of halogens is 1. The van der Waals surface area contributed by atoms with Crippen molar-refractivity contribution in [2.45, 2.75) is 57.2 Å². The Morgan fingerprint density at radius 3 is 2.56 bits per heavy atom. The summed E-state index contributed by atoms with van der Waals surface area (Å²) in [6.45, 7) is 9.15. The second-order valence-electron chi connectivity index (χ2n) is 6.45. The van der Waals surface area contributed by atoms with Crippen LogP contribution in [-0.4, -0.2) is 9.81 Å². The third kappa shape index (κ3) is 2.79. The van der Waals surface area contributed by atoms with Crippen LogP contribution in [0.5, 0.6) is 0 Å². The Morgan fingerprint density at radius 1 is 1.28 bits per heavy atom. The van der Waals surface area contributed by atoms with Crippen LogP contribution in [0.1, 0.15) is 51.3 Å². The van der Waals surface area contributed by atoms with Crippen LogP contribution in [0.2, 0.25) is 0 Å². The van der Waals surface area contributed by atoms with Crippen molar-refractivity contribution in [1.82, 2.24) is 4.98 Å². The van der Waals surface area contributed by atoms with Gasteiger partial charge in [-0.15, -0.1) is 0 Å². The van der Waals surface area contributed by atoms with Crippen LogP contribution in [0.3, 0.4) is 0 Å². The maximum atomic E-state index is 4.46. The fourth-order valence-electron chi connectivity index (χ4n) is 3.19. The molecule has 1 aromatic rings. The molecule has 2 heteroatoms. The van der Waals surface area contributed by atoms with E-state index in [1.54, 1.807) is 0 Å². The molecule has 1 aromatic heterocycles. The molecular weight excluding hydrogens is 286 g/mol. The number of pyridine rings is 1. The molecule has 0 radical (unpaired) electrons. The van der Waals surface area contributed by atoms with Crippen LogP contribution in [0, 0.1) is 18.8 Å². The summed E-state index contributed by atoms with van der Waals surface area (Å²) >= 11 is 3.92. The standard InChI is InChI=1S/C16H24BrN/c1-11-5-8-14(15(17)9-11)16(3,4)13-7-6-12(2)18-10-13/h6-7,10-11,14-15H,5,8-9H2,1-4H3. The second-order valence-corrected chi connectivity index (χ2v) is 7.63. The van der Waals surface area contributed by atoms with Crippen molar-refractivity contribution >= 4 is 15.9 Å². The Kier molecular flexibility index (Phi) is 4.15. The topological polar surface area (TPSA) is 12.9 Å². The van der Waals surface area contributed by atoms with Gasteiger partial charge < -0.3 is 0 Å². The van der Waals surface area contributed by atoms with Gasteiger partial charge >= 0.3 is 0 Å². The highest BCUT2D eigenvalue weighted by Gasteiger charge is 2.38. The normalized spacial score (nSPS) is 29.3. The largest absolute Gasteiger partial charge is 0.261 e. The molecule has 0 amide bonds. The van der Waals surface area contributed by atoms with Crippen molar-refractivity contribution in [2.75, 3.05) is 0 Å². The van der Waals surface area contributed by atoms with Gasteiger partial charge in [-0.2, -0.15) is 0 Å². The minimum atomic E-state index is 0.203. The first-order valence-electron chi connectivity index (χ1n) is 6.98. The van der Waals surface area contributed by atoms with Crippen molar-refractivity contribution in [3.8, 4) is 0 Å². The molecule has 100 valence electrons. The lowest BCUT2D eigenvalue weighted by molar-refractivity contribution is 0.213. The summed E-state index contributed by atoms with van der Waals surface area (Å²) in [4.78, 5) is 5.10. The molecule has 18 heavy (non-hydrogen) atoms. The lowest BCUT2D eigenvalue weighted by Crippen LogP contribution is -2.38. The van der Waals surface area contributed by atoms with E-state index in [9.17, 15) is 0 Å². The Labute approximate surface area is 120 Å². The molecule has 1 saturated carbocycles. The lowest BCUT2D eigenvalue weighted by atomic mass is 9.66. The summed E-state index contributed by atoms with van der Waals surface area (Å²) in [6, 6.07) is 4.38. The molecule has 3 atom stereocenters. The molecule has 0 bridgehead atoms. The lowest BCUT2D eigenvalue weighted by Gasteiger charge is -2.42. The zero-order valence-electron chi connectivity index (χ0n) is 11.9. The van der Waals surface area contributed by atoms with Crippen LogP contribution >= 0.6 is 15.9 Å². The number of alkyl halides is 1. The van der Waals surface area contributed by atoms with E-state index >= 15 is 0 Å².